The van der Waals surface area contributed by atoms with Crippen LogP contribution in [-0.4, -0.2) is 19.5 Å². The molecular formula is C51H32N4O. The van der Waals surface area contributed by atoms with Crippen LogP contribution in [0.15, 0.2) is 199 Å². The molecule has 0 bridgehead atoms. The van der Waals surface area contributed by atoms with Crippen LogP contribution in [-0.2, 0) is 0 Å². The summed E-state index contributed by atoms with van der Waals surface area (Å²) >= 11 is 0. The van der Waals surface area contributed by atoms with Gasteiger partial charge in [-0.15, -0.1) is 0 Å². The molecule has 0 spiro atoms. The normalized spacial score (nSPS) is 11.6. The molecule has 0 unspecified atom stereocenters. The van der Waals surface area contributed by atoms with E-state index in [0.29, 0.717) is 17.5 Å². The Balaban J connectivity index is 1.06. The van der Waals surface area contributed by atoms with Crippen molar-refractivity contribution in [3.05, 3.63) is 194 Å². The maximum atomic E-state index is 6.86. The third kappa shape index (κ3) is 5.29. The molecule has 56 heavy (non-hydrogen) atoms. The van der Waals surface area contributed by atoms with Gasteiger partial charge in [0.1, 0.15) is 11.2 Å². The molecular weight excluding hydrogens is 685 g/mol. The highest BCUT2D eigenvalue weighted by Crippen LogP contribution is 2.41. The maximum absolute atomic E-state index is 6.86. The number of hydrogen-bond donors (Lipinski definition) is 0. The average Bonchev–Trinajstić information content (AvgIpc) is 3.82. The van der Waals surface area contributed by atoms with E-state index in [0.717, 1.165) is 66.6 Å². The zero-order chi connectivity index (χ0) is 37.0. The van der Waals surface area contributed by atoms with Crippen LogP contribution in [0.2, 0.25) is 0 Å². The van der Waals surface area contributed by atoms with E-state index in [1.165, 1.54) is 21.8 Å². The Morgan fingerprint density at radius 3 is 1.59 bits per heavy atom. The number of para-hydroxylation sites is 4. The molecule has 0 atom stereocenters. The lowest BCUT2D eigenvalue weighted by Crippen LogP contribution is -2.00. The Hall–Kier alpha value is -7.63. The van der Waals surface area contributed by atoms with Gasteiger partial charge in [0.15, 0.2) is 17.5 Å². The molecule has 0 amide bonds. The molecule has 5 heteroatoms. The zero-order valence-electron chi connectivity index (χ0n) is 30.2. The van der Waals surface area contributed by atoms with Crippen LogP contribution in [0.5, 0.6) is 0 Å². The SMILES string of the molecule is c1ccc(-c2cccc(-c3nc(-c4ccccc4)nc(-c4ccc5c(c4)oc4c(-c6ccccc6-n6c7ccccc7c7ccccc76)cccc45)n3)c2)cc1. The van der Waals surface area contributed by atoms with Crippen LogP contribution in [0, 0.1) is 0 Å². The zero-order valence-corrected chi connectivity index (χ0v) is 30.2. The molecule has 5 nitrogen and oxygen atoms in total. The van der Waals surface area contributed by atoms with E-state index in [1.807, 2.05) is 36.4 Å². The summed E-state index contributed by atoms with van der Waals surface area (Å²) in [5.41, 5.74) is 12.1. The minimum atomic E-state index is 0.582. The van der Waals surface area contributed by atoms with Gasteiger partial charge in [0, 0.05) is 49.4 Å². The van der Waals surface area contributed by atoms with Gasteiger partial charge >= 0.3 is 0 Å². The van der Waals surface area contributed by atoms with Crippen LogP contribution in [0.25, 0.3) is 106 Å². The van der Waals surface area contributed by atoms with Crippen LogP contribution >= 0.6 is 0 Å². The summed E-state index contributed by atoms with van der Waals surface area (Å²) in [7, 11) is 0. The smallest absolute Gasteiger partial charge is 0.164 e. The fraction of sp³-hybridized carbons (Fsp3) is 0. The third-order valence-electron chi connectivity index (χ3n) is 10.7. The highest BCUT2D eigenvalue weighted by molar-refractivity contribution is 6.12. The lowest BCUT2D eigenvalue weighted by molar-refractivity contribution is 0.670. The molecule has 3 heterocycles. The first kappa shape index (κ1) is 31.9. The lowest BCUT2D eigenvalue weighted by atomic mass is 10.00. The minimum Gasteiger partial charge on any atom is -0.455 e. The number of nitrogens with zero attached hydrogens (tertiary/aromatic N) is 4. The van der Waals surface area contributed by atoms with E-state index in [-0.39, 0.29) is 0 Å². The number of benzene rings is 8. The highest BCUT2D eigenvalue weighted by Gasteiger charge is 2.20. The summed E-state index contributed by atoms with van der Waals surface area (Å²) in [5, 5.41) is 4.55. The predicted molar refractivity (Wildman–Crippen MR) is 229 cm³/mol. The first-order valence-corrected chi connectivity index (χ1v) is 18.8. The Kier molecular flexibility index (Phi) is 7.42. The summed E-state index contributed by atoms with van der Waals surface area (Å²) in [6.07, 6.45) is 0. The molecule has 0 aliphatic rings. The summed E-state index contributed by atoms with van der Waals surface area (Å²) in [6, 6.07) is 67.4. The predicted octanol–water partition coefficient (Wildman–Crippen LogP) is 13.2. The minimum absolute atomic E-state index is 0.582. The van der Waals surface area contributed by atoms with Crippen molar-refractivity contribution in [1.82, 2.24) is 19.5 Å². The van der Waals surface area contributed by atoms with Crippen molar-refractivity contribution in [1.29, 1.82) is 0 Å². The molecule has 0 radical (unpaired) electrons. The monoisotopic (exact) mass is 716 g/mol. The molecule has 3 aromatic heterocycles. The van der Waals surface area contributed by atoms with E-state index >= 15 is 0 Å². The van der Waals surface area contributed by atoms with Gasteiger partial charge in [0.05, 0.1) is 16.7 Å². The lowest BCUT2D eigenvalue weighted by Gasteiger charge is -2.14. The molecule has 0 fully saturated rings. The largest absolute Gasteiger partial charge is 0.455 e. The van der Waals surface area contributed by atoms with E-state index in [2.05, 4.69) is 162 Å². The van der Waals surface area contributed by atoms with Gasteiger partial charge in [-0.3, -0.25) is 0 Å². The second kappa shape index (κ2) is 13.0. The molecule has 0 aliphatic heterocycles. The molecule has 0 saturated carbocycles. The standard InChI is InChI=1S/C51H32N4O/c1-3-15-33(16-4-1)35-19-13-20-36(31-35)50-52-49(34-17-5-2-6-18-34)53-51(54-50)37-29-30-41-43-25-14-24-42(48(43)56-47(41)32-37)40-23-9-12-28-46(40)55-44-26-10-7-21-38(44)39-22-8-11-27-45(39)55/h1-32H. The Morgan fingerprint density at radius 1 is 0.339 bits per heavy atom. The number of furan rings is 1. The molecule has 0 N–H and O–H groups in total. The van der Waals surface area contributed by atoms with Crippen molar-refractivity contribution in [2.75, 3.05) is 0 Å². The van der Waals surface area contributed by atoms with Gasteiger partial charge in [-0.05, 0) is 47.5 Å². The van der Waals surface area contributed by atoms with Crippen LogP contribution < -0.4 is 0 Å². The number of aromatic nitrogens is 4. The van der Waals surface area contributed by atoms with Gasteiger partial charge in [-0.2, -0.15) is 0 Å². The number of hydrogen-bond acceptors (Lipinski definition) is 4. The molecule has 0 saturated heterocycles. The fourth-order valence-corrected chi connectivity index (χ4v) is 8.05. The van der Waals surface area contributed by atoms with Gasteiger partial charge in [-0.25, -0.2) is 15.0 Å². The number of fused-ring (bicyclic) bond motifs is 6. The Labute approximate surface area is 322 Å². The van der Waals surface area contributed by atoms with Crippen molar-refractivity contribution in [2.24, 2.45) is 0 Å². The van der Waals surface area contributed by atoms with Gasteiger partial charge in [0.2, 0.25) is 0 Å². The average molecular weight is 717 g/mol. The van der Waals surface area contributed by atoms with Crippen molar-refractivity contribution in [3.8, 4) is 62.1 Å². The summed E-state index contributed by atoms with van der Waals surface area (Å²) in [5.74, 6) is 1.81. The quantitative estimate of drug-likeness (QED) is 0.172. The summed E-state index contributed by atoms with van der Waals surface area (Å²) in [6.45, 7) is 0. The van der Waals surface area contributed by atoms with E-state index in [1.54, 1.807) is 0 Å². The first-order valence-electron chi connectivity index (χ1n) is 18.8. The molecule has 11 rings (SSSR count). The van der Waals surface area contributed by atoms with Gasteiger partial charge in [-0.1, -0.05) is 158 Å². The highest BCUT2D eigenvalue weighted by atomic mass is 16.3. The summed E-state index contributed by atoms with van der Waals surface area (Å²) in [4.78, 5) is 15.1. The Morgan fingerprint density at radius 2 is 0.857 bits per heavy atom. The maximum Gasteiger partial charge on any atom is 0.164 e. The van der Waals surface area contributed by atoms with E-state index < -0.39 is 0 Å². The Bertz CT molecular complexity index is 3200. The van der Waals surface area contributed by atoms with Gasteiger partial charge in [0.25, 0.3) is 0 Å². The van der Waals surface area contributed by atoms with Crippen molar-refractivity contribution in [2.45, 2.75) is 0 Å². The van der Waals surface area contributed by atoms with Crippen LogP contribution in [0.1, 0.15) is 0 Å². The number of rotatable bonds is 6. The molecule has 8 aromatic carbocycles. The van der Waals surface area contributed by atoms with Crippen LogP contribution in [0.4, 0.5) is 0 Å². The third-order valence-corrected chi connectivity index (χ3v) is 10.7. The molecule has 11 aromatic rings. The van der Waals surface area contributed by atoms with E-state index in [9.17, 15) is 0 Å². The molecule has 0 aliphatic carbocycles. The second-order valence-electron chi connectivity index (χ2n) is 14.0. The topological polar surface area (TPSA) is 56.7 Å². The van der Waals surface area contributed by atoms with Crippen molar-refractivity contribution >= 4 is 43.7 Å². The van der Waals surface area contributed by atoms with E-state index in [4.69, 9.17) is 19.4 Å². The molecule has 262 valence electrons. The van der Waals surface area contributed by atoms with Crippen molar-refractivity contribution < 1.29 is 4.42 Å². The fourth-order valence-electron chi connectivity index (χ4n) is 8.05. The van der Waals surface area contributed by atoms with Gasteiger partial charge < -0.3 is 8.98 Å². The second-order valence-corrected chi connectivity index (χ2v) is 14.0. The first-order chi connectivity index (χ1) is 27.8. The van der Waals surface area contributed by atoms with Crippen LogP contribution in [0.3, 0.4) is 0 Å². The summed E-state index contributed by atoms with van der Waals surface area (Å²) < 4.78 is 9.23. The van der Waals surface area contributed by atoms with Crippen molar-refractivity contribution in [3.63, 3.8) is 0 Å².